The van der Waals surface area contributed by atoms with Crippen molar-refractivity contribution in [2.24, 2.45) is 0 Å². The number of rotatable bonds is 4. The van der Waals surface area contributed by atoms with Crippen LogP contribution in [0.15, 0.2) is 24.4 Å². The van der Waals surface area contributed by atoms with Gasteiger partial charge in [0, 0.05) is 11.8 Å². The minimum Gasteiger partial charge on any atom is -0.492 e. The molecule has 0 amide bonds. The van der Waals surface area contributed by atoms with Gasteiger partial charge in [0.15, 0.2) is 0 Å². The Morgan fingerprint density at radius 1 is 1.16 bits per heavy atom. The summed E-state index contributed by atoms with van der Waals surface area (Å²) in [5, 5.41) is 0.350. The summed E-state index contributed by atoms with van der Waals surface area (Å²) in [5.74, 6) is 0.106. The van der Waals surface area contributed by atoms with Gasteiger partial charge in [0.05, 0.1) is 34.1 Å². The number of aromatic amines is 1. The fourth-order valence-corrected chi connectivity index (χ4v) is 2.78. The highest BCUT2D eigenvalue weighted by atomic mass is 35.5. The van der Waals surface area contributed by atoms with Crippen molar-refractivity contribution in [2.45, 2.75) is 12.6 Å². The second-order valence-electron chi connectivity index (χ2n) is 5.14. The number of H-pyrrole nitrogens is 1. The minimum absolute atomic E-state index is 0.0349. The lowest BCUT2D eigenvalue weighted by Gasteiger charge is -2.13. The van der Waals surface area contributed by atoms with Crippen molar-refractivity contribution in [3.63, 3.8) is 0 Å². The van der Waals surface area contributed by atoms with Crippen LogP contribution < -0.4 is 10.5 Å². The van der Waals surface area contributed by atoms with Crippen LogP contribution in [0.4, 0.5) is 19.1 Å². The van der Waals surface area contributed by atoms with Crippen LogP contribution in [0.2, 0.25) is 10.0 Å². The number of nitrogens with one attached hydrogen (secondary N) is 1. The molecule has 0 aliphatic carbocycles. The van der Waals surface area contributed by atoms with Crippen LogP contribution in [0.25, 0.3) is 22.3 Å². The quantitative estimate of drug-likeness (QED) is 0.667. The first-order chi connectivity index (χ1) is 11.7. The summed E-state index contributed by atoms with van der Waals surface area (Å²) in [7, 11) is 0. The van der Waals surface area contributed by atoms with Crippen LogP contribution in [-0.4, -0.2) is 27.7 Å². The van der Waals surface area contributed by atoms with Gasteiger partial charge in [-0.3, -0.25) is 0 Å². The number of alkyl halides is 3. The maximum Gasteiger partial charge on any atom is 0.392 e. The van der Waals surface area contributed by atoms with Gasteiger partial charge in [0.1, 0.15) is 11.4 Å². The molecule has 0 saturated carbocycles. The number of halogens is 5. The zero-order valence-corrected chi connectivity index (χ0v) is 14.0. The molecule has 2 heterocycles. The van der Waals surface area contributed by atoms with Crippen molar-refractivity contribution in [1.29, 1.82) is 0 Å². The second kappa shape index (κ2) is 6.61. The molecule has 0 radical (unpaired) electrons. The maximum atomic E-state index is 12.3. The van der Waals surface area contributed by atoms with Crippen molar-refractivity contribution in [3.05, 3.63) is 34.4 Å². The Morgan fingerprint density at radius 3 is 2.64 bits per heavy atom. The van der Waals surface area contributed by atoms with Crippen LogP contribution in [0, 0.1) is 0 Å². The number of nitrogens with zero attached hydrogens (tertiary/aromatic N) is 2. The number of benzene rings is 1. The summed E-state index contributed by atoms with van der Waals surface area (Å²) in [6, 6.07) is 4.53. The lowest BCUT2D eigenvalue weighted by atomic mass is 10.1. The molecule has 3 rings (SSSR count). The summed E-state index contributed by atoms with van der Waals surface area (Å²) in [5.41, 5.74) is 7.68. The number of anilines is 1. The smallest absolute Gasteiger partial charge is 0.392 e. The predicted octanol–water partition coefficient (Wildman–Crippen LogP) is 4.85. The van der Waals surface area contributed by atoms with Gasteiger partial charge in [-0.05, 0) is 18.2 Å². The molecule has 132 valence electrons. The summed E-state index contributed by atoms with van der Waals surface area (Å²) in [6.45, 7) is -0.561. The molecule has 0 unspecified atom stereocenters. The molecule has 3 aromatic rings. The standard InChI is InChI=1S/C15H11Cl2F3N4O/c16-8-6-9(17)11(25-4-2-15(18,19)20)5-7(8)12-13-10(1-3-22-13)23-14(21)24-12/h1,3,5-6,22H,2,4H2,(H2,21,23,24). The molecule has 0 spiro atoms. The molecule has 0 bridgehead atoms. The lowest BCUT2D eigenvalue weighted by Crippen LogP contribution is -2.13. The Hall–Kier alpha value is -2.19. The number of fused-ring (bicyclic) bond motifs is 1. The first-order valence-corrected chi connectivity index (χ1v) is 7.80. The molecule has 1 aromatic carbocycles. The number of hydrogen-bond donors (Lipinski definition) is 2. The molecule has 0 fully saturated rings. The third-order valence-electron chi connectivity index (χ3n) is 3.34. The molecule has 0 saturated heterocycles. The van der Waals surface area contributed by atoms with Crippen molar-refractivity contribution < 1.29 is 17.9 Å². The van der Waals surface area contributed by atoms with Crippen molar-refractivity contribution in [3.8, 4) is 17.0 Å². The highest BCUT2D eigenvalue weighted by Gasteiger charge is 2.27. The highest BCUT2D eigenvalue weighted by Crippen LogP contribution is 2.38. The van der Waals surface area contributed by atoms with Crippen molar-refractivity contribution in [1.82, 2.24) is 15.0 Å². The molecule has 0 atom stereocenters. The van der Waals surface area contributed by atoms with E-state index in [2.05, 4.69) is 15.0 Å². The van der Waals surface area contributed by atoms with E-state index in [4.69, 9.17) is 33.7 Å². The molecule has 10 heteroatoms. The Bertz CT molecular complexity index is 927. The molecule has 2 aromatic heterocycles. The normalized spacial score (nSPS) is 11.9. The Labute approximate surface area is 149 Å². The number of hydrogen-bond acceptors (Lipinski definition) is 4. The van der Waals surface area contributed by atoms with Crippen LogP contribution in [0.3, 0.4) is 0 Å². The lowest BCUT2D eigenvalue weighted by molar-refractivity contribution is -0.139. The van der Waals surface area contributed by atoms with Gasteiger partial charge in [-0.1, -0.05) is 23.2 Å². The molecule has 25 heavy (non-hydrogen) atoms. The zero-order valence-electron chi connectivity index (χ0n) is 12.5. The number of aromatic nitrogens is 3. The van der Waals surface area contributed by atoms with E-state index in [1.54, 1.807) is 12.3 Å². The fourth-order valence-electron chi connectivity index (χ4n) is 2.26. The summed E-state index contributed by atoms with van der Waals surface area (Å²) in [6.07, 6.45) is -3.76. The average Bonchev–Trinajstić information content (AvgIpc) is 2.95. The summed E-state index contributed by atoms with van der Waals surface area (Å²) in [4.78, 5) is 11.2. The third-order valence-corrected chi connectivity index (χ3v) is 3.95. The first kappa shape index (κ1) is 17.6. The minimum atomic E-state index is -4.32. The third kappa shape index (κ3) is 3.91. The van der Waals surface area contributed by atoms with E-state index >= 15 is 0 Å². The van der Waals surface area contributed by atoms with Gasteiger partial charge in [-0.25, -0.2) is 9.97 Å². The fraction of sp³-hybridized carbons (Fsp3) is 0.200. The number of ether oxygens (including phenoxy) is 1. The summed E-state index contributed by atoms with van der Waals surface area (Å²) < 4.78 is 42.0. The van der Waals surface area contributed by atoms with E-state index in [0.29, 0.717) is 22.3 Å². The monoisotopic (exact) mass is 390 g/mol. The molecule has 5 nitrogen and oxygen atoms in total. The second-order valence-corrected chi connectivity index (χ2v) is 5.96. The number of nitrogen functional groups attached to an aromatic ring is 1. The highest BCUT2D eigenvalue weighted by molar-refractivity contribution is 6.37. The van der Waals surface area contributed by atoms with Crippen LogP contribution in [-0.2, 0) is 0 Å². The number of nitrogens with two attached hydrogens (primary N) is 1. The van der Waals surface area contributed by atoms with E-state index < -0.39 is 19.2 Å². The molecular weight excluding hydrogens is 380 g/mol. The largest absolute Gasteiger partial charge is 0.492 e. The summed E-state index contributed by atoms with van der Waals surface area (Å²) >= 11 is 12.2. The molecule has 0 aliphatic rings. The van der Waals surface area contributed by atoms with Crippen molar-refractivity contribution in [2.75, 3.05) is 12.3 Å². The van der Waals surface area contributed by atoms with Gasteiger partial charge in [-0.15, -0.1) is 0 Å². The van der Waals surface area contributed by atoms with E-state index in [0.717, 1.165) is 0 Å². The SMILES string of the molecule is Nc1nc(-c2cc(OCCC(F)(F)F)c(Cl)cc2Cl)c2[nH]ccc2n1. The predicted molar refractivity (Wildman–Crippen MR) is 89.9 cm³/mol. The van der Waals surface area contributed by atoms with E-state index in [1.807, 2.05) is 0 Å². The molecular formula is C15H11Cl2F3N4O. The maximum absolute atomic E-state index is 12.3. The van der Waals surface area contributed by atoms with Crippen LogP contribution in [0.5, 0.6) is 5.75 Å². The van der Waals surface area contributed by atoms with Crippen molar-refractivity contribution >= 4 is 40.2 Å². The van der Waals surface area contributed by atoms with E-state index in [-0.39, 0.29) is 21.7 Å². The van der Waals surface area contributed by atoms with Gasteiger partial charge >= 0.3 is 6.18 Å². The van der Waals surface area contributed by atoms with Crippen LogP contribution >= 0.6 is 23.2 Å². The zero-order chi connectivity index (χ0) is 18.2. The Balaban J connectivity index is 2.01. The Morgan fingerprint density at radius 2 is 1.92 bits per heavy atom. The van der Waals surface area contributed by atoms with Gasteiger partial charge in [0.2, 0.25) is 5.95 Å². The van der Waals surface area contributed by atoms with Crippen LogP contribution in [0.1, 0.15) is 6.42 Å². The first-order valence-electron chi connectivity index (χ1n) is 7.04. The average molecular weight is 391 g/mol. The Kier molecular flexibility index (Phi) is 4.66. The topological polar surface area (TPSA) is 76.8 Å². The van der Waals surface area contributed by atoms with Gasteiger partial charge in [-0.2, -0.15) is 13.2 Å². The van der Waals surface area contributed by atoms with Gasteiger partial charge in [0.25, 0.3) is 0 Å². The van der Waals surface area contributed by atoms with E-state index in [9.17, 15) is 13.2 Å². The molecule has 0 aliphatic heterocycles. The van der Waals surface area contributed by atoms with Gasteiger partial charge < -0.3 is 15.5 Å². The molecule has 3 N–H and O–H groups in total. The van der Waals surface area contributed by atoms with E-state index in [1.165, 1.54) is 12.1 Å².